The minimum atomic E-state index is -0.134. The molecule has 0 fully saturated rings. The molecule has 1 aromatic carbocycles. The third-order valence-corrected chi connectivity index (χ3v) is 3.04. The third-order valence-electron chi connectivity index (χ3n) is 2.54. The minimum absolute atomic E-state index is 0.134. The second kappa shape index (κ2) is 6.36. The molecule has 1 nitrogen and oxygen atoms in total. The molecule has 0 heterocycles. The van der Waals surface area contributed by atoms with Gasteiger partial charge in [-0.05, 0) is 38.1 Å². The van der Waals surface area contributed by atoms with E-state index in [0.29, 0.717) is 12.5 Å². The summed E-state index contributed by atoms with van der Waals surface area (Å²) in [5.41, 5.74) is 0.759. The van der Waals surface area contributed by atoms with Gasteiger partial charge in [-0.3, -0.25) is 0 Å². The van der Waals surface area contributed by atoms with Gasteiger partial charge in [-0.15, -0.1) is 0 Å². The summed E-state index contributed by atoms with van der Waals surface area (Å²) in [6, 6.07) is 5.24. The number of halogens is 2. The van der Waals surface area contributed by atoms with Gasteiger partial charge >= 0.3 is 0 Å². The first-order chi connectivity index (χ1) is 7.49. The molecule has 0 aromatic heterocycles. The van der Waals surface area contributed by atoms with Crippen molar-refractivity contribution in [2.24, 2.45) is 5.92 Å². The van der Waals surface area contributed by atoms with Crippen LogP contribution in [-0.2, 0) is 6.54 Å². The quantitative estimate of drug-likeness (QED) is 0.789. The highest BCUT2D eigenvalue weighted by atomic mass is 79.9. The summed E-state index contributed by atoms with van der Waals surface area (Å²) in [5, 5.41) is 0. The van der Waals surface area contributed by atoms with E-state index in [2.05, 4.69) is 34.7 Å². The van der Waals surface area contributed by atoms with Crippen molar-refractivity contribution < 1.29 is 4.39 Å². The second-order valence-corrected chi connectivity index (χ2v) is 5.57. The third kappa shape index (κ3) is 4.62. The van der Waals surface area contributed by atoms with Gasteiger partial charge in [-0.1, -0.05) is 35.8 Å². The van der Waals surface area contributed by atoms with Crippen LogP contribution in [0, 0.1) is 11.7 Å². The number of rotatable bonds is 5. The van der Waals surface area contributed by atoms with Crippen molar-refractivity contribution in [3.05, 3.63) is 34.1 Å². The van der Waals surface area contributed by atoms with E-state index in [1.165, 1.54) is 6.07 Å². The van der Waals surface area contributed by atoms with Gasteiger partial charge in [-0.2, -0.15) is 0 Å². The molecule has 0 aliphatic rings. The summed E-state index contributed by atoms with van der Waals surface area (Å²) in [7, 11) is 2.03. The molecule has 0 unspecified atom stereocenters. The number of hydrogen-bond acceptors (Lipinski definition) is 1. The fraction of sp³-hybridized carbons (Fsp3) is 0.538. The average molecular weight is 288 g/mol. The monoisotopic (exact) mass is 287 g/mol. The van der Waals surface area contributed by atoms with Gasteiger partial charge in [0.2, 0.25) is 0 Å². The van der Waals surface area contributed by atoms with Gasteiger partial charge in [0.25, 0.3) is 0 Å². The van der Waals surface area contributed by atoms with Crippen molar-refractivity contribution in [1.29, 1.82) is 0 Å². The minimum Gasteiger partial charge on any atom is -0.302 e. The van der Waals surface area contributed by atoms with Crippen LogP contribution in [0.15, 0.2) is 22.7 Å². The van der Waals surface area contributed by atoms with Crippen LogP contribution >= 0.6 is 15.9 Å². The first kappa shape index (κ1) is 13.7. The molecule has 1 rings (SSSR count). The molecule has 0 atom stereocenters. The Morgan fingerprint density at radius 2 is 2.06 bits per heavy atom. The van der Waals surface area contributed by atoms with Gasteiger partial charge < -0.3 is 4.90 Å². The van der Waals surface area contributed by atoms with Gasteiger partial charge in [-0.25, -0.2) is 4.39 Å². The smallest absolute Gasteiger partial charge is 0.128 e. The van der Waals surface area contributed by atoms with E-state index in [9.17, 15) is 4.39 Å². The molecule has 0 aliphatic carbocycles. The molecule has 1 aromatic rings. The first-order valence-electron chi connectivity index (χ1n) is 5.61. The zero-order valence-electron chi connectivity index (χ0n) is 10.1. The molecule has 0 saturated carbocycles. The predicted octanol–water partition coefficient (Wildman–Crippen LogP) is 4.07. The number of hydrogen-bond donors (Lipinski definition) is 0. The van der Waals surface area contributed by atoms with Crippen molar-refractivity contribution in [1.82, 2.24) is 4.90 Å². The Labute approximate surface area is 106 Å². The highest BCUT2D eigenvalue weighted by Crippen LogP contribution is 2.16. The topological polar surface area (TPSA) is 3.24 Å². The van der Waals surface area contributed by atoms with E-state index in [-0.39, 0.29) is 5.82 Å². The highest BCUT2D eigenvalue weighted by molar-refractivity contribution is 9.10. The normalized spacial score (nSPS) is 11.4. The standard InChI is InChI=1S/C13H19BrFN/c1-10(2)6-7-16(3)9-11-4-5-12(14)8-13(11)15/h4-5,8,10H,6-7,9H2,1-3H3. The maximum Gasteiger partial charge on any atom is 0.128 e. The van der Waals surface area contributed by atoms with Crippen LogP contribution in [0.25, 0.3) is 0 Å². The molecule has 0 aliphatic heterocycles. The lowest BCUT2D eigenvalue weighted by Gasteiger charge is -2.18. The van der Waals surface area contributed by atoms with Crippen LogP contribution in [0.2, 0.25) is 0 Å². The Kier molecular flexibility index (Phi) is 5.42. The van der Waals surface area contributed by atoms with Crippen LogP contribution in [0.1, 0.15) is 25.8 Å². The van der Waals surface area contributed by atoms with Gasteiger partial charge in [0.05, 0.1) is 0 Å². The molecule has 0 bridgehead atoms. The van der Waals surface area contributed by atoms with Crippen molar-refractivity contribution >= 4 is 15.9 Å². The molecule has 0 radical (unpaired) electrons. The lowest BCUT2D eigenvalue weighted by molar-refractivity contribution is 0.299. The second-order valence-electron chi connectivity index (χ2n) is 4.66. The largest absolute Gasteiger partial charge is 0.302 e. The van der Waals surface area contributed by atoms with Crippen LogP contribution in [0.5, 0.6) is 0 Å². The molecule has 90 valence electrons. The maximum atomic E-state index is 13.6. The van der Waals surface area contributed by atoms with E-state index in [4.69, 9.17) is 0 Å². The Morgan fingerprint density at radius 3 is 2.62 bits per heavy atom. The van der Waals surface area contributed by atoms with Gasteiger partial charge in [0.15, 0.2) is 0 Å². The average Bonchev–Trinajstić information content (AvgIpc) is 2.19. The zero-order valence-corrected chi connectivity index (χ0v) is 11.7. The number of nitrogens with zero attached hydrogens (tertiary/aromatic N) is 1. The van der Waals surface area contributed by atoms with Crippen LogP contribution in [0.3, 0.4) is 0 Å². The maximum absolute atomic E-state index is 13.6. The lowest BCUT2D eigenvalue weighted by atomic mass is 10.1. The molecular formula is C13H19BrFN. The fourth-order valence-electron chi connectivity index (χ4n) is 1.50. The molecule has 3 heteroatoms. The van der Waals surface area contributed by atoms with Crippen molar-refractivity contribution in [3.63, 3.8) is 0 Å². The Balaban J connectivity index is 2.52. The predicted molar refractivity (Wildman–Crippen MR) is 69.9 cm³/mol. The van der Waals surface area contributed by atoms with Crippen molar-refractivity contribution in [2.45, 2.75) is 26.8 Å². The molecule has 0 N–H and O–H groups in total. The van der Waals surface area contributed by atoms with Gasteiger partial charge in [0.1, 0.15) is 5.82 Å². The van der Waals surface area contributed by atoms with Crippen LogP contribution < -0.4 is 0 Å². The van der Waals surface area contributed by atoms with E-state index in [0.717, 1.165) is 23.0 Å². The summed E-state index contributed by atoms with van der Waals surface area (Å²) < 4.78 is 14.3. The lowest BCUT2D eigenvalue weighted by Crippen LogP contribution is -2.20. The summed E-state index contributed by atoms with van der Waals surface area (Å²) in [4.78, 5) is 2.16. The summed E-state index contributed by atoms with van der Waals surface area (Å²) >= 11 is 3.26. The Hall–Kier alpha value is -0.410. The summed E-state index contributed by atoms with van der Waals surface area (Å²) in [6.07, 6.45) is 1.15. The zero-order chi connectivity index (χ0) is 12.1. The molecule has 0 saturated heterocycles. The molecular weight excluding hydrogens is 269 g/mol. The summed E-state index contributed by atoms with van der Waals surface area (Å²) in [6.45, 7) is 6.08. The molecule has 0 amide bonds. The SMILES string of the molecule is CC(C)CCN(C)Cc1ccc(Br)cc1F. The Bertz CT molecular complexity index is 339. The van der Waals surface area contributed by atoms with E-state index >= 15 is 0 Å². The number of benzene rings is 1. The van der Waals surface area contributed by atoms with Crippen LogP contribution in [-0.4, -0.2) is 18.5 Å². The van der Waals surface area contributed by atoms with E-state index in [1.807, 2.05) is 19.2 Å². The van der Waals surface area contributed by atoms with E-state index < -0.39 is 0 Å². The summed E-state index contributed by atoms with van der Waals surface area (Å²) in [5.74, 6) is 0.558. The van der Waals surface area contributed by atoms with Crippen LogP contribution in [0.4, 0.5) is 4.39 Å². The van der Waals surface area contributed by atoms with E-state index in [1.54, 1.807) is 0 Å². The van der Waals surface area contributed by atoms with Crippen molar-refractivity contribution in [2.75, 3.05) is 13.6 Å². The molecule has 16 heavy (non-hydrogen) atoms. The Morgan fingerprint density at radius 1 is 1.38 bits per heavy atom. The first-order valence-corrected chi connectivity index (χ1v) is 6.41. The van der Waals surface area contributed by atoms with Crippen molar-refractivity contribution in [3.8, 4) is 0 Å². The highest BCUT2D eigenvalue weighted by Gasteiger charge is 2.06. The molecule has 0 spiro atoms. The van der Waals surface area contributed by atoms with Gasteiger partial charge in [0, 0.05) is 16.6 Å². The fourth-order valence-corrected chi connectivity index (χ4v) is 1.83.